The van der Waals surface area contributed by atoms with E-state index in [1.54, 1.807) is 0 Å². The smallest absolute Gasteiger partial charge is 0.462 e. The predicted molar refractivity (Wildman–Crippen MR) is 465 cm³/mol. The number of aliphatic hydroxyl groups is 1. The van der Waals surface area contributed by atoms with Crippen molar-refractivity contribution in [1.82, 2.24) is 0 Å². The van der Waals surface area contributed by atoms with Gasteiger partial charge in [-0.3, -0.25) is 37.3 Å². The Morgan fingerprint density at radius 1 is 0.241 bits per heavy atom. The Labute approximate surface area is 689 Å². The average Bonchev–Trinajstić information content (AvgIpc) is 0.900. The Morgan fingerprint density at radius 2 is 0.411 bits per heavy atom. The third kappa shape index (κ3) is 85.9. The number of esters is 4. The Hall–Kier alpha value is -1.94. The van der Waals surface area contributed by atoms with Crippen molar-refractivity contribution in [3.8, 4) is 0 Å². The molecule has 0 amide bonds. The lowest BCUT2D eigenvalue weighted by Crippen LogP contribution is -2.30. The lowest BCUT2D eigenvalue weighted by atomic mass is 10.0. The van der Waals surface area contributed by atoms with E-state index in [0.29, 0.717) is 31.6 Å². The average molecular weight is 1630 g/mol. The Bertz CT molecular complexity index is 2120. The molecule has 0 fully saturated rings. The van der Waals surface area contributed by atoms with Crippen LogP contribution in [-0.2, 0) is 65.4 Å². The van der Waals surface area contributed by atoms with E-state index in [2.05, 4.69) is 34.6 Å². The summed E-state index contributed by atoms with van der Waals surface area (Å²) in [5.74, 6) is -1.39. The van der Waals surface area contributed by atoms with E-state index < -0.39 is 97.5 Å². The molecule has 0 aromatic carbocycles. The largest absolute Gasteiger partial charge is 0.472 e. The summed E-state index contributed by atoms with van der Waals surface area (Å²) >= 11 is 0. The normalized spacial score (nSPS) is 13.7. The molecule has 0 aliphatic heterocycles. The van der Waals surface area contributed by atoms with E-state index in [-0.39, 0.29) is 25.7 Å². The van der Waals surface area contributed by atoms with Gasteiger partial charge in [0.1, 0.15) is 19.3 Å². The highest BCUT2D eigenvalue weighted by Crippen LogP contribution is 2.45. The number of rotatable bonds is 93. The van der Waals surface area contributed by atoms with Crippen molar-refractivity contribution < 1.29 is 80.2 Å². The molecule has 0 rings (SSSR count). The van der Waals surface area contributed by atoms with Crippen LogP contribution in [0.15, 0.2) is 0 Å². The molecule has 0 aliphatic carbocycles. The minimum Gasteiger partial charge on any atom is -0.462 e. The zero-order chi connectivity index (χ0) is 81.8. The van der Waals surface area contributed by atoms with E-state index in [9.17, 15) is 43.2 Å². The van der Waals surface area contributed by atoms with Crippen molar-refractivity contribution in [2.45, 2.75) is 528 Å². The highest BCUT2D eigenvalue weighted by atomic mass is 31.2. The van der Waals surface area contributed by atoms with Gasteiger partial charge in [-0.25, -0.2) is 9.13 Å². The van der Waals surface area contributed by atoms with Crippen LogP contribution in [0.2, 0.25) is 0 Å². The van der Waals surface area contributed by atoms with E-state index in [1.165, 1.54) is 327 Å². The molecule has 0 saturated heterocycles. The maximum absolute atomic E-state index is 13.2. The molecule has 0 heterocycles. The fourth-order valence-electron chi connectivity index (χ4n) is 14.7. The van der Waals surface area contributed by atoms with E-state index in [1.807, 2.05) is 0 Å². The highest BCUT2D eigenvalue weighted by Gasteiger charge is 2.31. The summed E-state index contributed by atoms with van der Waals surface area (Å²) < 4.78 is 69.1. The quantitative estimate of drug-likeness (QED) is 0.0222. The molecule has 5 atom stereocenters. The predicted octanol–water partition coefficient (Wildman–Crippen LogP) is 29.1. The summed E-state index contributed by atoms with van der Waals surface area (Å²) in [5, 5.41) is 10.7. The van der Waals surface area contributed by atoms with Crippen LogP contribution in [-0.4, -0.2) is 96.7 Å². The lowest BCUT2D eigenvalue weighted by molar-refractivity contribution is -0.161. The maximum atomic E-state index is 13.2. The standard InChI is InChI=1S/C93H182O17P2/c1-6-9-12-15-18-21-24-27-30-33-36-39-42-44-47-50-53-56-61-66-71-76-90(95)103-82-88(109-92(97)78-73-68-63-58-55-52-49-46-43-40-37-34-31-28-25-22-19-16-13-10-7-2)84-107-111(99,100)105-80-87(94)81-106-112(101,102)108-85-89(83-104-91(96)77-72-67-64-59-60-65-70-75-86(4)5)110-93(98)79-74-69-62-57-54-51-48-45-41-38-35-32-29-26-23-20-17-14-11-8-3/h86-89,94H,6-85H2,1-5H3,(H,99,100)(H,101,102)/t87-,88-,89-/m1/s1. The van der Waals surface area contributed by atoms with Crippen LogP contribution in [0.4, 0.5) is 0 Å². The first-order valence-corrected chi connectivity index (χ1v) is 51.1. The van der Waals surface area contributed by atoms with E-state index >= 15 is 0 Å². The van der Waals surface area contributed by atoms with Gasteiger partial charge >= 0.3 is 39.5 Å². The van der Waals surface area contributed by atoms with Crippen molar-refractivity contribution in [1.29, 1.82) is 0 Å². The molecule has 112 heavy (non-hydrogen) atoms. The van der Waals surface area contributed by atoms with Crippen LogP contribution in [0, 0.1) is 5.92 Å². The Morgan fingerprint density at radius 3 is 0.607 bits per heavy atom. The number of hydrogen-bond donors (Lipinski definition) is 3. The van der Waals surface area contributed by atoms with Gasteiger partial charge in [-0.15, -0.1) is 0 Å². The van der Waals surface area contributed by atoms with Crippen LogP contribution in [0.1, 0.15) is 510 Å². The van der Waals surface area contributed by atoms with Gasteiger partial charge < -0.3 is 33.8 Å². The van der Waals surface area contributed by atoms with Gasteiger partial charge in [-0.2, -0.15) is 0 Å². The highest BCUT2D eigenvalue weighted by molar-refractivity contribution is 7.47. The van der Waals surface area contributed by atoms with Gasteiger partial charge in [-0.05, 0) is 31.6 Å². The van der Waals surface area contributed by atoms with Crippen LogP contribution in [0.5, 0.6) is 0 Å². The summed E-state index contributed by atoms with van der Waals surface area (Å²) in [4.78, 5) is 73.4. The number of hydrogen-bond acceptors (Lipinski definition) is 15. The van der Waals surface area contributed by atoms with Crippen LogP contribution in [0.25, 0.3) is 0 Å². The first kappa shape index (κ1) is 110. The first-order valence-electron chi connectivity index (χ1n) is 48.1. The summed E-state index contributed by atoms with van der Waals surface area (Å²) in [6, 6.07) is 0. The lowest BCUT2D eigenvalue weighted by Gasteiger charge is -2.21. The summed E-state index contributed by atoms with van der Waals surface area (Å²) in [5.41, 5.74) is 0. The second-order valence-corrected chi connectivity index (χ2v) is 36.8. The molecule has 0 radical (unpaired) electrons. The molecular weight excluding hydrogens is 1450 g/mol. The summed E-state index contributed by atoms with van der Waals surface area (Å²) in [6.45, 7) is 7.35. The minimum atomic E-state index is -4.97. The fraction of sp³-hybridized carbons (Fsp3) is 0.957. The van der Waals surface area contributed by atoms with Crippen molar-refractivity contribution in [2.24, 2.45) is 5.92 Å². The third-order valence-corrected chi connectivity index (χ3v) is 23.9. The first-order chi connectivity index (χ1) is 54.5. The van der Waals surface area contributed by atoms with Gasteiger partial charge in [0.05, 0.1) is 26.4 Å². The SMILES string of the molecule is CCCCCCCCCCCCCCCCCCCCCCCC(=O)OC[C@H](COP(=O)(O)OC[C@@H](O)COP(=O)(O)OC[C@@H](COC(=O)CCCCCCCCCC(C)C)OC(=O)CCCCCCCCCCCCCCCCCCCCCC)OC(=O)CCCCCCCCCCCCCCCCCCCCCCC. The molecule has 19 heteroatoms. The number of carbonyl (C=O) groups is 4. The molecule has 17 nitrogen and oxygen atoms in total. The Balaban J connectivity index is 5.20. The summed E-state index contributed by atoms with van der Waals surface area (Å²) in [7, 11) is -9.94. The number of ether oxygens (including phenoxy) is 4. The molecule has 3 N–H and O–H groups in total. The molecule has 0 saturated carbocycles. The molecule has 666 valence electrons. The zero-order valence-corrected chi connectivity index (χ0v) is 75.6. The molecule has 0 aromatic rings. The topological polar surface area (TPSA) is 237 Å². The van der Waals surface area contributed by atoms with E-state index in [0.717, 1.165) is 96.3 Å². The molecule has 0 aromatic heterocycles. The maximum Gasteiger partial charge on any atom is 0.472 e. The summed E-state index contributed by atoms with van der Waals surface area (Å²) in [6.07, 6.45) is 82.4. The fourth-order valence-corrected chi connectivity index (χ4v) is 16.3. The molecular formula is C93H182O17P2. The second-order valence-electron chi connectivity index (χ2n) is 33.9. The second kappa shape index (κ2) is 85.5. The number of phosphoric ester groups is 2. The molecule has 0 spiro atoms. The van der Waals surface area contributed by atoms with Crippen LogP contribution in [0.3, 0.4) is 0 Å². The van der Waals surface area contributed by atoms with Crippen molar-refractivity contribution in [2.75, 3.05) is 39.6 Å². The van der Waals surface area contributed by atoms with Gasteiger partial charge in [0.15, 0.2) is 12.2 Å². The molecule has 0 aliphatic rings. The van der Waals surface area contributed by atoms with Crippen molar-refractivity contribution in [3.05, 3.63) is 0 Å². The van der Waals surface area contributed by atoms with Crippen LogP contribution < -0.4 is 0 Å². The monoisotopic (exact) mass is 1630 g/mol. The van der Waals surface area contributed by atoms with Crippen molar-refractivity contribution in [3.63, 3.8) is 0 Å². The van der Waals surface area contributed by atoms with Crippen LogP contribution >= 0.6 is 15.6 Å². The number of aliphatic hydroxyl groups excluding tert-OH is 1. The number of phosphoric acid groups is 2. The van der Waals surface area contributed by atoms with Gasteiger partial charge in [-0.1, -0.05) is 458 Å². The van der Waals surface area contributed by atoms with Gasteiger partial charge in [0, 0.05) is 25.7 Å². The molecule has 0 bridgehead atoms. The minimum absolute atomic E-state index is 0.109. The van der Waals surface area contributed by atoms with E-state index in [4.69, 9.17) is 37.0 Å². The van der Waals surface area contributed by atoms with Gasteiger partial charge in [0.2, 0.25) is 0 Å². The molecule has 2 unspecified atom stereocenters. The zero-order valence-electron chi connectivity index (χ0n) is 73.8. The van der Waals surface area contributed by atoms with Gasteiger partial charge in [0.25, 0.3) is 0 Å². The number of carbonyl (C=O) groups excluding carboxylic acids is 4. The van der Waals surface area contributed by atoms with Crippen molar-refractivity contribution >= 4 is 39.5 Å². The number of unbranched alkanes of at least 4 members (excludes halogenated alkanes) is 65. The Kier molecular flexibility index (Phi) is 84.0. The third-order valence-electron chi connectivity index (χ3n) is 22.0.